The fourth-order valence-corrected chi connectivity index (χ4v) is 3.10. The average molecular weight is 362 g/mol. The number of hydrogen-bond donors (Lipinski definition) is 1. The predicted molar refractivity (Wildman–Crippen MR) is 107 cm³/mol. The summed E-state index contributed by atoms with van der Waals surface area (Å²) >= 11 is 0. The lowest BCUT2D eigenvalue weighted by atomic mass is 9.94. The first-order valence-electron chi connectivity index (χ1n) is 8.80. The summed E-state index contributed by atoms with van der Waals surface area (Å²) in [5.41, 5.74) is 2.63. The fraction of sp³-hybridized carbons (Fsp3) is 0.182. The third kappa shape index (κ3) is 4.85. The summed E-state index contributed by atoms with van der Waals surface area (Å²) in [6, 6.07) is 25.3. The smallest absolute Gasteiger partial charge is 0.241 e. The molecule has 3 rings (SSSR count). The summed E-state index contributed by atoms with van der Waals surface area (Å²) in [4.78, 5) is 11.8. The highest BCUT2D eigenvalue weighted by atomic mass is 16.6. The minimum Gasteiger partial charge on any atom is -0.497 e. The van der Waals surface area contributed by atoms with Crippen LogP contribution in [0, 0.1) is 10.1 Å². The molecule has 0 aromatic heterocycles. The molecule has 27 heavy (non-hydrogen) atoms. The summed E-state index contributed by atoms with van der Waals surface area (Å²) in [6.07, 6.45) is 0.344. The van der Waals surface area contributed by atoms with Crippen molar-refractivity contribution in [3.05, 3.63) is 106 Å². The molecule has 1 N–H and O–H groups in total. The topological polar surface area (TPSA) is 64.4 Å². The van der Waals surface area contributed by atoms with Crippen LogP contribution in [0.25, 0.3) is 0 Å². The van der Waals surface area contributed by atoms with Gasteiger partial charge in [0.1, 0.15) is 11.8 Å². The Kier molecular flexibility index (Phi) is 6.05. The zero-order valence-corrected chi connectivity index (χ0v) is 15.1. The lowest BCUT2D eigenvalue weighted by molar-refractivity contribution is -0.525. The SMILES string of the molecule is COc1ccc(N[C@H](c2ccccc2)[C@H](Cc2ccccc2)[N+](=O)[O-])cc1. The first kappa shape index (κ1) is 18.5. The Morgan fingerprint density at radius 3 is 2.07 bits per heavy atom. The van der Waals surface area contributed by atoms with E-state index in [2.05, 4.69) is 5.32 Å². The second-order valence-corrected chi connectivity index (χ2v) is 6.30. The Labute approximate surface area is 158 Å². The summed E-state index contributed by atoms with van der Waals surface area (Å²) in [7, 11) is 1.61. The maximum atomic E-state index is 12.0. The van der Waals surface area contributed by atoms with Crippen molar-refractivity contribution in [2.75, 3.05) is 12.4 Å². The molecule has 0 saturated carbocycles. The normalized spacial score (nSPS) is 12.8. The Hall–Kier alpha value is -3.34. The van der Waals surface area contributed by atoms with Crippen molar-refractivity contribution in [3.63, 3.8) is 0 Å². The van der Waals surface area contributed by atoms with Crippen molar-refractivity contribution in [1.82, 2.24) is 0 Å². The van der Waals surface area contributed by atoms with Crippen LogP contribution in [0.4, 0.5) is 5.69 Å². The number of nitrogens with one attached hydrogen (secondary N) is 1. The molecule has 0 saturated heterocycles. The zero-order valence-electron chi connectivity index (χ0n) is 15.1. The van der Waals surface area contributed by atoms with Crippen LogP contribution in [0.5, 0.6) is 5.75 Å². The van der Waals surface area contributed by atoms with E-state index in [1.54, 1.807) is 7.11 Å². The van der Waals surface area contributed by atoms with Crippen LogP contribution in [0.2, 0.25) is 0 Å². The van der Waals surface area contributed by atoms with Crippen LogP contribution in [0.1, 0.15) is 17.2 Å². The Morgan fingerprint density at radius 2 is 1.52 bits per heavy atom. The van der Waals surface area contributed by atoms with Gasteiger partial charge in [-0.2, -0.15) is 0 Å². The highest BCUT2D eigenvalue weighted by molar-refractivity contribution is 5.48. The third-order valence-electron chi connectivity index (χ3n) is 4.51. The molecule has 3 aromatic carbocycles. The van der Waals surface area contributed by atoms with Crippen molar-refractivity contribution < 1.29 is 9.66 Å². The van der Waals surface area contributed by atoms with Gasteiger partial charge in [0.15, 0.2) is 0 Å². The van der Waals surface area contributed by atoms with Crippen LogP contribution in [-0.2, 0) is 6.42 Å². The van der Waals surface area contributed by atoms with E-state index < -0.39 is 12.1 Å². The number of ether oxygens (including phenoxy) is 1. The van der Waals surface area contributed by atoms with Gasteiger partial charge < -0.3 is 10.1 Å². The first-order chi connectivity index (χ1) is 13.2. The van der Waals surface area contributed by atoms with Crippen molar-refractivity contribution in [2.45, 2.75) is 18.5 Å². The zero-order chi connectivity index (χ0) is 19.1. The lowest BCUT2D eigenvalue weighted by Crippen LogP contribution is -2.34. The van der Waals surface area contributed by atoms with Crippen LogP contribution in [0.3, 0.4) is 0 Å². The molecule has 138 valence electrons. The number of benzene rings is 3. The molecule has 5 heteroatoms. The number of rotatable bonds is 8. The number of nitro groups is 1. The monoisotopic (exact) mass is 362 g/mol. The second-order valence-electron chi connectivity index (χ2n) is 6.30. The van der Waals surface area contributed by atoms with Crippen LogP contribution < -0.4 is 10.1 Å². The van der Waals surface area contributed by atoms with E-state index in [4.69, 9.17) is 4.74 Å². The first-order valence-corrected chi connectivity index (χ1v) is 8.80. The molecule has 0 unspecified atom stereocenters. The van der Waals surface area contributed by atoms with Gasteiger partial charge in [0, 0.05) is 17.0 Å². The Balaban J connectivity index is 1.92. The van der Waals surface area contributed by atoms with E-state index >= 15 is 0 Å². The van der Waals surface area contributed by atoms with Gasteiger partial charge in [0.25, 0.3) is 0 Å². The third-order valence-corrected chi connectivity index (χ3v) is 4.51. The molecule has 0 spiro atoms. The standard InChI is InChI=1S/C22H22N2O3/c1-27-20-14-12-19(13-15-20)23-22(18-10-6-3-7-11-18)21(24(25)26)16-17-8-4-2-5-9-17/h2-15,21-23H,16H2,1H3/t21-,22+/m0/s1. The van der Waals surface area contributed by atoms with E-state index in [0.717, 1.165) is 22.6 Å². The van der Waals surface area contributed by atoms with Gasteiger partial charge in [-0.1, -0.05) is 60.7 Å². The highest BCUT2D eigenvalue weighted by Gasteiger charge is 2.33. The Morgan fingerprint density at radius 1 is 0.926 bits per heavy atom. The van der Waals surface area contributed by atoms with Gasteiger partial charge in [-0.05, 0) is 35.4 Å². The molecule has 0 aliphatic heterocycles. The highest BCUT2D eigenvalue weighted by Crippen LogP contribution is 2.27. The summed E-state index contributed by atoms with van der Waals surface area (Å²) < 4.78 is 5.19. The van der Waals surface area contributed by atoms with Gasteiger partial charge in [-0.15, -0.1) is 0 Å². The summed E-state index contributed by atoms with van der Waals surface area (Å²) in [5, 5.41) is 15.3. The van der Waals surface area contributed by atoms with E-state index in [9.17, 15) is 10.1 Å². The molecule has 0 aliphatic rings. The summed E-state index contributed by atoms with van der Waals surface area (Å²) in [5.74, 6) is 0.743. The minimum atomic E-state index is -0.808. The molecule has 2 atom stereocenters. The van der Waals surface area contributed by atoms with Gasteiger partial charge in [0.05, 0.1) is 7.11 Å². The van der Waals surface area contributed by atoms with Gasteiger partial charge >= 0.3 is 0 Å². The van der Waals surface area contributed by atoms with Crippen molar-refractivity contribution in [3.8, 4) is 5.75 Å². The molecule has 0 heterocycles. The van der Waals surface area contributed by atoms with E-state index in [-0.39, 0.29) is 4.92 Å². The molecule has 0 fully saturated rings. The van der Waals surface area contributed by atoms with Crippen molar-refractivity contribution in [2.24, 2.45) is 0 Å². The van der Waals surface area contributed by atoms with Gasteiger partial charge in [0.2, 0.25) is 6.04 Å². The fourth-order valence-electron chi connectivity index (χ4n) is 3.10. The number of nitrogens with zero attached hydrogens (tertiary/aromatic N) is 1. The van der Waals surface area contributed by atoms with Gasteiger partial charge in [-0.3, -0.25) is 10.1 Å². The van der Waals surface area contributed by atoms with E-state index in [1.165, 1.54) is 0 Å². The molecular weight excluding hydrogens is 340 g/mol. The van der Waals surface area contributed by atoms with E-state index in [0.29, 0.717) is 6.42 Å². The van der Waals surface area contributed by atoms with Crippen LogP contribution in [-0.4, -0.2) is 18.1 Å². The lowest BCUT2D eigenvalue weighted by Gasteiger charge is -2.24. The van der Waals surface area contributed by atoms with Crippen molar-refractivity contribution in [1.29, 1.82) is 0 Å². The predicted octanol–water partition coefficient (Wildman–Crippen LogP) is 4.74. The molecule has 0 radical (unpaired) electrons. The molecule has 0 amide bonds. The van der Waals surface area contributed by atoms with Crippen molar-refractivity contribution >= 4 is 5.69 Å². The second kappa shape index (κ2) is 8.85. The molecule has 0 bridgehead atoms. The number of anilines is 1. The maximum Gasteiger partial charge on any atom is 0.241 e. The van der Waals surface area contributed by atoms with Gasteiger partial charge in [-0.25, -0.2) is 0 Å². The molecule has 3 aromatic rings. The average Bonchev–Trinajstić information content (AvgIpc) is 2.72. The van der Waals surface area contributed by atoms with E-state index in [1.807, 2.05) is 84.9 Å². The Bertz CT molecular complexity index is 852. The quantitative estimate of drug-likeness (QED) is 0.464. The van der Waals surface area contributed by atoms with Crippen LogP contribution in [0.15, 0.2) is 84.9 Å². The molecule has 5 nitrogen and oxygen atoms in total. The maximum absolute atomic E-state index is 12.0. The number of methoxy groups -OCH3 is 1. The minimum absolute atomic E-state index is 0.193. The summed E-state index contributed by atoms with van der Waals surface area (Å²) in [6.45, 7) is 0. The molecular formula is C22H22N2O3. The van der Waals surface area contributed by atoms with Crippen LogP contribution >= 0.6 is 0 Å². The number of hydrogen-bond acceptors (Lipinski definition) is 4. The largest absolute Gasteiger partial charge is 0.497 e. The molecule has 0 aliphatic carbocycles.